The third-order valence-corrected chi connectivity index (χ3v) is 1.68. The number of carbonyl (C=O) groups is 1. The van der Waals surface area contributed by atoms with Crippen LogP contribution in [0.2, 0.25) is 0 Å². The quantitative estimate of drug-likeness (QED) is 0.390. The molecule has 0 spiro atoms. The lowest BCUT2D eigenvalue weighted by molar-refractivity contribution is -0.626. The number of aryl methyl sites for hydroxylation is 2. The average Bonchev–Trinajstić information content (AvgIpc) is 2.08. The van der Waals surface area contributed by atoms with E-state index in [0.717, 1.165) is 5.69 Å². The van der Waals surface area contributed by atoms with Crippen LogP contribution in [-0.2, 0) is 16.1 Å². The van der Waals surface area contributed by atoms with E-state index < -0.39 is 5.97 Å². The first-order valence-electron chi connectivity index (χ1n) is 4.20. The first-order valence-corrected chi connectivity index (χ1v) is 4.20. The van der Waals surface area contributed by atoms with Crippen LogP contribution in [0.15, 0.2) is 6.07 Å². The van der Waals surface area contributed by atoms with Crippen LogP contribution < -0.4 is 4.73 Å². The lowest BCUT2D eigenvalue weighted by Crippen LogP contribution is -2.37. The number of aromatic nitrogens is 2. The van der Waals surface area contributed by atoms with E-state index >= 15 is 0 Å². The van der Waals surface area contributed by atoms with Gasteiger partial charge in [-0.2, -0.15) is 0 Å². The highest BCUT2D eigenvalue weighted by Crippen LogP contribution is 1.98. The van der Waals surface area contributed by atoms with E-state index in [1.165, 1.54) is 6.92 Å². The molecule has 0 N–H and O–H groups in total. The summed E-state index contributed by atoms with van der Waals surface area (Å²) in [5.41, 5.74) is 1.27. The second-order valence-corrected chi connectivity index (χ2v) is 3.03. The summed E-state index contributed by atoms with van der Waals surface area (Å²) in [5.74, 6) is -0.219. The van der Waals surface area contributed by atoms with Gasteiger partial charge in [0.15, 0.2) is 12.3 Å². The van der Waals surface area contributed by atoms with E-state index in [0.29, 0.717) is 10.4 Å². The van der Waals surface area contributed by atoms with Crippen molar-refractivity contribution in [2.75, 3.05) is 0 Å². The van der Waals surface area contributed by atoms with Crippen LogP contribution >= 0.6 is 0 Å². The van der Waals surface area contributed by atoms with Gasteiger partial charge in [0.2, 0.25) is 0 Å². The van der Waals surface area contributed by atoms with Crippen LogP contribution in [0.3, 0.4) is 0 Å². The van der Waals surface area contributed by atoms with E-state index in [1.807, 2.05) is 0 Å². The van der Waals surface area contributed by atoms with Gasteiger partial charge in [-0.3, -0.25) is 4.79 Å². The van der Waals surface area contributed by atoms with Crippen LogP contribution in [0.5, 0.6) is 0 Å². The summed E-state index contributed by atoms with van der Waals surface area (Å²) in [7, 11) is 0. The zero-order valence-corrected chi connectivity index (χ0v) is 8.40. The van der Waals surface area contributed by atoms with Crippen molar-refractivity contribution in [2.24, 2.45) is 0 Å². The number of esters is 1. The molecule has 76 valence electrons. The van der Waals surface area contributed by atoms with Crippen LogP contribution in [0.25, 0.3) is 0 Å². The van der Waals surface area contributed by atoms with Gasteiger partial charge in [-0.15, -0.1) is 0 Å². The fraction of sp³-hybridized carbons (Fsp3) is 0.444. The Bertz CT molecular complexity index is 363. The van der Waals surface area contributed by atoms with Gasteiger partial charge in [-0.1, -0.05) is 0 Å². The van der Waals surface area contributed by atoms with Crippen molar-refractivity contribution in [1.29, 1.82) is 0 Å². The highest BCUT2D eigenvalue weighted by Gasteiger charge is 2.12. The zero-order valence-electron chi connectivity index (χ0n) is 8.40. The van der Waals surface area contributed by atoms with Gasteiger partial charge < -0.3 is 9.94 Å². The lowest BCUT2D eigenvalue weighted by Gasteiger charge is -2.09. The van der Waals surface area contributed by atoms with E-state index in [-0.39, 0.29) is 12.4 Å². The molecule has 0 fully saturated rings. The molecule has 0 aliphatic carbocycles. The Balaban J connectivity index is 2.90. The van der Waals surface area contributed by atoms with Gasteiger partial charge >= 0.3 is 11.8 Å². The lowest BCUT2D eigenvalue weighted by atomic mass is 10.3. The van der Waals surface area contributed by atoms with Crippen molar-refractivity contribution in [2.45, 2.75) is 27.4 Å². The van der Waals surface area contributed by atoms with Gasteiger partial charge in [0.05, 0.1) is 0 Å². The summed E-state index contributed by atoms with van der Waals surface area (Å²) >= 11 is 0. The van der Waals surface area contributed by atoms with E-state index in [9.17, 15) is 10.0 Å². The Morgan fingerprint density at radius 1 is 1.64 bits per heavy atom. The molecule has 0 aromatic carbocycles. The number of ether oxygens (including phenoxy) is 1. The summed E-state index contributed by atoms with van der Waals surface area (Å²) in [5, 5.41) is 11.4. The highest BCUT2D eigenvalue weighted by atomic mass is 16.5. The van der Waals surface area contributed by atoms with Gasteiger partial charge in [-0.05, 0) is 11.9 Å². The smallest absolute Gasteiger partial charge is 0.339 e. The van der Waals surface area contributed by atoms with Crippen LogP contribution in [0, 0.1) is 19.1 Å². The van der Waals surface area contributed by atoms with E-state index in [1.54, 1.807) is 19.9 Å². The second-order valence-electron chi connectivity index (χ2n) is 3.03. The SMILES string of the molecule is CC(=O)OCc1nc(C)cc(C)[n+]1[O-]. The average molecular weight is 196 g/mol. The molecule has 0 atom stereocenters. The molecular weight excluding hydrogens is 184 g/mol. The van der Waals surface area contributed by atoms with Gasteiger partial charge in [0.1, 0.15) is 5.69 Å². The molecule has 5 heteroatoms. The predicted molar refractivity (Wildman–Crippen MR) is 48.1 cm³/mol. The number of hydrogen-bond acceptors (Lipinski definition) is 4. The molecule has 14 heavy (non-hydrogen) atoms. The first kappa shape index (κ1) is 10.4. The van der Waals surface area contributed by atoms with Crippen molar-refractivity contribution in [3.05, 3.63) is 28.5 Å². The highest BCUT2D eigenvalue weighted by molar-refractivity contribution is 5.65. The number of nitrogens with zero attached hydrogens (tertiary/aromatic N) is 2. The molecule has 0 bridgehead atoms. The van der Waals surface area contributed by atoms with E-state index in [4.69, 9.17) is 4.74 Å². The van der Waals surface area contributed by atoms with Crippen LogP contribution in [0.1, 0.15) is 24.1 Å². The maximum absolute atomic E-state index is 11.4. The molecular formula is C9H12N2O3. The Labute approximate surface area is 81.9 Å². The molecule has 1 heterocycles. The van der Waals surface area contributed by atoms with Gasteiger partial charge in [0.25, 0.3) is 0 Å². The minimum absolute atomic E-state index is 0.0820. The molecule has 0 saturated carbocycles. The van der Waals surface area contributed by atoms with Gasteiger partial charge in [0, 0.05) is 19.9 Å². The zero-order chi connectivity index (χ0) is 10.7. The molecule has 0 saturated heterocycles. The second kappa shape index (κ2) is 4.04. The Morgan fingerprint density at radius 2 is 2.29 bits per heavy atom. The third kappa shape index (κ3) is 2.42. The predicted octanol–water partition coefficient (Wildman–Crippen LogP) is 0.395. The van der Waals surface area contributed by atoms with Crippen LogP contribution in [-0.4, -0.2) is 11.0 Å². The first-order chi connectivity index (χ1) is 6.50. The fourth-order valence-electron chi connectivity index (χ4n) is 1.10. The van der Waals surface area contributed by atoms with Gasteiger partial charge in [-0.25, -0.2) is 4.73 Å². The van der Waals surface area contributed by atoms with Crippen molar-refractivity contribution in [3.63, 3.8) is 0 Å². The molecule has 0 aliphatic heterocycles. The topological polar surface area (TPSA) is 66.1 Å². The minimum Gasteiger partial charge on any atom is -0.710 e. The molecule has 1 aromatic rings. The normalized spacial score (nSPS) is 9.93. The molecule has 0 radical (unpaired) electrons. The van der Waals surface area contributed by atoms with Crippen molar-refractivity contribution in [3.8, 4) is 0 Å². The summed E-state index contributed by atoms with van der Waals surface area (Å²) < 4.78 is 5.36. The molecule has 1 aromatic heterocycles. The van der Waals surface area contributed by atoms with Crippen molar-refractivity contribution < 1.29 is 14.3 Å². The summed E-state index contributed by atoms with van der Waals surface area (Å²) in [6.45, 7) is 4.67. The minimum atomic E-state index is -0.425. The third-order valence-electron chi connectivity index (χ3n) is 1.68. The molecule has 0 aliphatic rings. The number of carbonyl (C=O) groups excluding carboxylic acids is 1. The maximum Gasteiger partial charge on any atom is 0.339 e. The largest absolute Gasteiger partial charge is 0.710 e. The Kier molecular flexibility index (Phi) is 3.01. The summed E-state index contributed by atoms with van der Waals surface area (Å²) in [6.07, 6.45) is 0. The maximum atomic E-state index is 11.4. The Morgan fingerprint density at radius 3 is 2.86 bits per heavy atom. The van der Waals surface area contributed by atoms with Crippen LogP contribution in [0.4, 0.5) is 0 Å². The van der Waals surface area contributed by atoms with Crippen molar-refractivity contribution >= 4 is 5.97 Å². The standard InChI is InChI=1S/C9H12N2O3/c1-6-4-7(2)11(13)9(10-6)5-14-8(3)12/h4H,5H2,1-3H3. The number of hydrogen-bond donors (Lipinski definition) is 0. The molecule has 0 amide bonds. The van der Waals surface area contributed by atoms with Crippen molar-refractivity contribution in [1.82, 2.24) is 4.98 Å². The number of rotatable bonds is 2. The molecule has 0 unspecified atom stereocenters. The molecule has 1 rings (SSSR count). The summed E-state index contributed by atoms with van der Waals surface area (Å²) in [4.78, 5) is 14.5. The van der Waals surface area contributed by atoms with E-state index in [2.05, 4.69) is 4.98 Å². The Hall–Kier alpha value is -1.65. The summed E-state index contributed by atoms with van der Waals surface area (Å²) in [6, 6.07) is 1.67. The molecule has 5 nitrogen and oxygen atoms in total. The monoisotopic (exact) mass is 196 g/mol. The fourth-order valence-corrected chi connectivity index (χ4v) is 1.10.